The van der Waals surface area contributed by atoms with Gasteiger partial charge in [-0.15, -0.1) is 0 Å². The molecule has 0 aliphatic rings. The van der Waals surface area contributed by atoms with E-state index in [9.17, 15) is 18.0 Å². The summed E-state index contributed by atoms with van der Waals surface area (Å²) in [5.41, 5.74) is 1.44. The predicted molar refractivity (Wildman–Crippen MR) is 172 cm³/mol. The number of nitrogens with zero attached hydrogens (tertiary/aromatic N) is 2. The molecular weight excluding hydrogens is 629 g/mol. The van der Waals surface area contributed by atoms with Gasteiger partial charge in [-0.2, -0.15) is 0 Å². The van der Waals surface area contributed by atoms with Crippen LogP contribution in [0, 0.1) is 0 Å². The number of nitrogens with one attached hydrogen (secondary N) is 1. The second-order valence-electron chi connectivity index (χ2n) is 9.63. The predicted octanol–water partition coefficient (Wildman–Crippen LogP) is 6.62. The fourth-order valence-electron chi connectivity index (χ4n) is 4.58. The topological polar surface area (TPSA) is 86.8 Å². The lowest BCUT2D eigenvalue weighted by Crippen LogP contribution is -2.53. The molecule has 224 valence electrons. The third-order valence-corrected chi connectivity index (χ3v) is 9.45. The maximum atomic E-state index is 14.4. The molecule has 0 spiro atoms. The van der Waals surface area contributed by atoms with Gasteiger partial charge in [0.2, 0.25) is 11.8 Å². The van der Waals surface area contributed by atoms with E-state index in [-0.39, 0.29) is 23.5 Å². The first-order valence-electron chi connectivity index (χ1n) is 13.5. The van der Waals surface area contributed by atoms with Gasteiger partial charge in [0, 0.05) is 40.1 Å². The summed E-state index contributed by atoms with van der Waals surface area (Å²) in [6, 6.07) is 27.2. The van der Waals surface area contributed by atoms with Crippen LogP contribution in [0.1, 0.15) is 18.1 Å². The fourth-order valence-corrected chi connectivity index (χ4v) is 6.71. The first kappa shape index (κ1) is 32.4. The van der Waals surface area contributed by atoms with E-state index in [0.717, 1.165) is 9.87 Å². The van der Waals surface area contributed by atoms with Gasteiger partial charge in [-0.05, 0) is 55.0 Å². The molecule has 4 rings (SSSR count). The molecule has 0 aromatic heterocycles. The number of halogens is 3. The van der Waals surface area contributed by atoms with Crippen LogP contribution < -0.4 is 9.62 Å². The second kappa shape index (κ2) is 14.8. The van der Waals surface area contributed by atoms with Crippen LogP contribution >= 0.6 is 34.8 Å². The summed E-state index contributed by atoms with van der Waals surface area (Å²) >= 11 is 19.3. The molecule has 1 atom stereocenters. The van der Waals surface area contributed by atoms with Crippen molar-refractivity contribution < 1.29 is 18.0 Å². The zero-order valence-corrected chi connectivity index (χ0v) is 26.4. The molecule has 2 amide bonds. The summed E-state index contributed by atoms with van der Waals surface area (Å²) in [6.45, 7) is 1.35. The molecule has 0 bridgehead atoms. The van der Waals surface area contributed by atoms with Crippen LogP contribution in [-0.2, 0) is 32.6 Å². The number of anilines is 1. The number of amides is 2. The molecule has 4 aromatic rings. The van der Waals surface area contributed by atoms with Crippen molar-refractivity contribution in [1.82, 2.24) is 10.2 Å². The maximum Gasteiger partial charge on any atom is 0.264 e. The minimum absolute atomic E-state index is 0.00645. The summed E-state index contributed by atoms with van der Waals surface area (Å²) in [7, 11) is -4.23. The molecule has 0 radical (unpaired) electrons. The highest BCUT2D eigenvalue weighted by molar-refractivity contribution is 7.92. The molecule has 0 saturated carbocycles. The standard InChI is InChI=1S/C32H30Cl3N3O4S/c1-2-36-32(40)30(19-23-11-5-3-6-12-23)37(21-27-28(34)17-10-18-29(27)35)31(39)22-38(25-14-9-13-24(33)20-25)43(41,42)26-15-7-4-8-16-26/h3-18,20,30H,2,19,21-22H2,1H3,(H,36,40). The van der Waals surface area contributed by atoms with Crippen LogP contribution in [0.25, 0.3) is 0 Å². The van der Waals surface area contributed by atoms with Gasteiger partial charge in [0.05, 0.1) is 10.6 Å². The molecule has 7 nitrogen and oxygen atoms in total. The van der Waals surface area contributed by atoms with E-state index >= 15 is 0 Å². The lowest BCUT2D eigenvalue weighted by atomic mass is 10.0. The van der Waals surface area contributed by atoms with Gasteiger partial charge in [-0.25, -0.2) is 8.42 Å². The number of carbonyl (C=O) groups is 2. The minimum Gasteiger partial charge on any atom is -0.355 e. The first-order chi connectivity index (χ1) is 20.6. The minimum atomic E-state index is -4.23. The average molecular weight is 659 g/mol. The van der Waals surface area contributed by atoms with Crippen LogP contribution in [0.3, 0.4) is 0 Å². The smallest absolute Gasteiger partial charge is 0.264 e. The molecule has 0 aliphatic heterocycles. The fraction of sp³-hybridized carbons (Fsp3) is 0.188. The third kappa shape index (κ3) is 8.09. The van der Waals surface area contributed by atoms with Gasteiger partial charge >= 0.3 is 0 Å². The van der Waals surface area contributed by atoms with E-state index in [1.807, 2.05) is 30.3 Å². The van der Waals surface area contributed by atoms with Gasteiger partial charge in [-0.1, -0.05) is 95.5 Å². The highest BCUT2D eigenvalue weighted by Crippen LogP contribution is 2.29. The van der Waals surface area contributed by atoms with Crippen molar-refractivity contribution in [3.05, 3.63) is 129 Å². The van der Waals surface area contributed by atoms with Crippen molar-refractivity contribution in [3.63, 3.8) is 0 Å². The number of hydrogen-bond donors (Lipinski definition) is 1. The largest absolute Gasteiger partial charge is 0.355 e. The summed E-state index contributed by atoms with van der Waals surface area (Å²) < 4.78 is 28.9. The Balaban J connectivity index is 1.82. The molecule has 0 aliphatic carbocycles. The van der Waals surface area contributed by atoms with Crippen LogP contribution in [0.15, 0.2) is 108 Å². The average Bonchev–Trinajstić information content (AvgIpc) is 3.00. The lowest BCUT2D eigenvalue weighted by molar-refractivity contribution is -0.140. The van der Waals surface area contributed by atoms with Crippen molar-refractivity contribution in [2.45, 2.75) is 30.8 Å². The number of hydrogen-bond acceptors (Lipinski definition) is 4. The van der Waals surface area contributed by atoms with Crippen LogP contribution in [0.4, 0.5) is 5.69 Å². The molecule has 0 saturated heterocycles. The van der Waals surface area contributed by atoms with Crippen molar-refractivity contribution in [3.8, 4) is 0 Å². The summed E-state index contributed by atoms with van der Waals surface area (Å²) in [4.78, 5) is 29.3. The van der Waals surface area contributed by atoms with Crippen molar-refractivity contribution in [1.29, 1.82) is 0 Å². The SMILES string of the molecule is CCNC(=O)C(Cc1ccccc1)N(Cc1c(Cl)cccc1Cl)C(=O)CN(c1cccc(Cl)c1)S(=O)(=O)c1ccccc1. The van der Waals surface area contributed by atoms with Gasteiger partial charge in [0.25, 0.3) is 10.0 Å². The highest BCUT2D eigenvalue weighted by Gasteiger charge is 2.35. The normalized spacial score (nSPS) is 11.9. The van der Waals surface area contributed by atoms with E-state index in [1.54, 1.807) is 61.5 Å². The Hall–Kier alpha value is -3.56. The third-order valence-electron chi connectivity index (χ3n) is 6.72. The first-order valence-corrected chi connectivity index (χ1v) is 16.1. The van der Waals surface area contributed by atoms with Crippen LogP contribution in [0.5, 0.6) is 0 Å². The van der Waals surface area contributed by atoms with E-state index in [4.69, 9.17) is 34.8 Å². The maximum absolute atomic E-state index is 14.4. The van der Waals surface area contributed by atoms with Crippen LogP contribution in [-0.4, -0.2) is 44.3 Å². The molecule has 43 heavy (non-hydrogen) atoms. The van der Waals surface area contributed by atoms with Gasteiger partial charge < -0.3 is 10.2 Å². The number of benzene rings is 4. The Morgan fingerprint density at radius 3 is 2.02 bits per heavy atom. The van der Waals surface area contributed by atoms with E-state index in [1.165, 1.54) is 23.1 Å². The highest BCUT2D eigenvalue weighted by atomic mass is 35.5. The molecule has 11 heteroatoms. The van der Waals surface area contributed by atoms with Gasteiger partial charge in [-0.3, -0.25) is 13.9 Å². The zero-order valence-electron chi connectivity index (χ0n) is 23.3. The monoisotopic (exact) mass is 657 g/mol. The van der Waals surface area contributed by atoms with Crippen molar-refractivity contribution in [2.24, 2.45) is 0 Å². The Morgan fingerprint density at radius 1 is 0.814 bits per heavy atom. The quantitative estimate of drug-likeness (QED) is 0.185. The summed E-state index contributed by atoms with van der Waals surface area (Å²) in [5.74, 6) is -1.04. The Labute approximate surface area is 267 Å². The second-order valence-corrected chi connectivity index (χ2v) is 12.7. The van der Waals surface area contributed by atoms with Crippen LogP contribution in [0.2, 0.25) is 15.1 Å². The van der Waals surface area contributed by atoms with Crippen molar-refractivity contribution >= 4 is 62.3 Å². The summed E-state index contributed by atoms with van der Waals surface area (Å²) in [5, 5.41) is 3.73. The number of rotatable bonds is 12. The molecular formula is C32H30Cl3N3O4S. The van der Waals surface area contributed by atoms with Gasteiger partial charge in [0.15, 0.2) is 0 Å². The molecule has 1 unspecified atom stereocenters. The Bertz CT molecular complexity index is 1650. The molecule has 0 fully saturated rings. The lowest BCUT2D eigenvalue weighted by Gasteiger charge is -2.34. The Kier molecular flexibility index (Phi) is 11.1. The van der Waals surface area contributed by atoms with Crippen molar-refractivity contribution in [2.75, 3.05) is 17.4 Å². The summed E-state index contributed by atoms with van der Waals surface area (Å²) in [6.07, 6.45) is 0.170. The molecule has 0 heterocycles. The van der Waals surface area contributed by atoms with Gasteiger partial charge in [0.1, 0.15) is 12.6 Å². The number of likely N-dealkylation sites (N-methyl/N-ethyl adjacent to an activating group) is 1. The van der Waals surface area contributed by atoms with E-state index < -0.39 is 34.4 Å². The molecule has 4 aromatic carbocycles. The number of carbonyl (C=O) groups excluding carboxylic acids is 2. The number of sulfonamides is 1. The van der Waals surface area contributed by atoms with E-state index in [0.29, 0.717) is 27.2 Å². The Morgan fingerprint density at radius 2 is 1.42 bits per heavy atom. The van der Waals surface area contributed by atoms with E-state index in [2.05, 4.69) is 5.32 Å². The zero-order chi connectivity index (χ0) is 31.0. The molecule has 1 N–H and O–H groups in total.